The number of primary amides is 1. The van der Waals surface area contributed by atoms with Crippen LogP contribution in [-0.4, -0.2) is 114 Å². The third kappa shape index (κ3) is 9.49. The van der Waals surface area contributed by atoms with Gasteiger partial charge in [0.15, 0.2) is 23.0 Å². The number of rotatable bonds is 14. The maximum absolute atomic E-state index is 16.5. The Morgan fingerprint density at radius 1 is 0.958 bits per heavy atom. The number of nitrogens with zero attached hydrogens (tertiary/aromatic N) is 5. The summed E-state index contributed by atoms with van der Waals surface area (Å²) in [6.45, 7) is 7.64. The third-order valence-corrected chi connectivity index (χ3v) is 16.5. The SMILES string of the molecule is C[C@H]1c2c(cc(F)c(Cl)c2-c2c(C(N)=O)ccc(OCCO)c2F)O[C@]1(CNC1CCC(N2CCC(CN3CCC(c4ccc5c(N6CCC(=O)NC6=O)nn(C)c5c4)CC3)CC2)CC1)c1ccccc1. The van der Waals surface area contributed by atoms with Crippen LogP contribution in [0.2, 0.25) is 5.02 Å². The molecule has 17 heteroatoms. The van der Waals surface area contributed by atoms with Gasteiger partial charge in [0.2, 0.25) is 11.8 Å². The van der Waals surface area contributed by atoms with Crippen molar-refractivity contribution in [2.24, 2.45) is 18.7 Å². The van der Waals surface area contributed by atoms with Crippen molar-refractivity contribution >= 4 is 46.2 Å². The monoisotopic (exact) mass is 992 g/mol. The number of carbonyl (C=O) groups excluding carboxylic acids is 3. The second kappa shape index (κ2) is 20.5. The van der Waals surface area contributed by atoms with Crippen molar-refractivity contribution in [3.8, 4) is 22.6 Å². The van der Waals surface area contributed by atoms with Crippen LogP contribution in [-0.2, 0) is 17.4 Å². The molecule has 4 amide bonds. The summed E-state index contributed by atoms with van der Waals surface area (Å²) in [5, 5.41) is 20.9. The van der Waals surface area contributed by atoms with Crippen LogP contribution >= 0.6 is 11.6 Å². The number of amides is 4. The number of likely N-dealkylation sites (tertiary alicyclic amines) is 2. The summed E-state index contributed by atoms with van der Waals surface area (Å²) in [5.41, 5.74) is 7.90. The van der Waals surface area contributed by atoms with E-state index in [9.17, 15) is 19.5 Å². The van der Waals surface area contributed by atoms with E-state index in [-0.39, 0.29) is 64.8 Å². The molecular weight excluding hydrogens is 930 g/mol. The van der Waals surface area contributed by atoms with E-state index in [0.717, 1.165) is 87.7 Å². The van der Waals surface area contributed by atoms with Crippen molar-refractivity contribution in [2.75, 3.05) is 63.9 Å². The highest BCUT2D eigenvalue weighted by molar-refractivity contribution is 6.34. The molecule has 4 aromatic carbocycles. The highest BCUT2D eigenvalue weighted by Gasteiger charge is 2.50. The summed E-state index contributed by atoms with van der Waals surface area (Å²) < 4.78 is 46.5. The number of aliphatic hydroxyl groups is 1. The minimum absolute atomic E-state index is 0.0128. The average molecular weight is 994 g/mol. The predicted octanol–water partition coefficient (Wildman–Crippen LogP) is 7.97. The van der Waals surface area contributed by atoms with E-state index in [1.54, 1.807) is 4.90 Å². The van der Waals surface area contributed by atoms with E-state index in [0.29, 0.717) is 42.3 Å². The zero-order valence-corrected chi connectivity index (χ0v) is 41.2. The summed E-state index contributed by atoms with van der Waals surface area (Å²) in [7, 11) is 1.91. The predicted molar refractivity (Wildman–Crippen MR) is 268 cm³/mol. The molecule has 5 aromatic rings. The molecule has 5 heterocycles. The lowest BCUT2D eigenvalue weighted by molar-refractivity contribution is -0.120. The second-order valence-corrected chi connectivity index (χ2v) is 20.6. The normalized spacial score (nSPS) is 23.7. The number of anilines is 1. The largest absolute Gasteiger partial charge is 0.488 e. The first kappa shape index (κ1) is 49.0. The number of imide groups is 1. The van der Waals surface area contributed by atoms with Gasteiger partial charge in [-0.05, 0) is 125 Å². The lowest BCUT2D eigenvalue weighted by Crippen LogP contribution is -2.50. The van der Waals surface area contributed by atoms with Crippen molar-refractivity contribution in [1.82, 2.24) is 30.2 Å². The van der Waals surface area contributed by atoms with Gasteiger partial charge in [-0.1, -0.05) is 54.9 Å². The van der Waals surface area contributed by atoms with Crippen LogP contribution in [0.15, 0.2) is 66.7 Å². The first-order valence-electron chi connectivity index (χ1n) is 25.2. The van der Waals surface area contributed by atoms with Crippen molar-refractivity contribution in [3.05, 3.63) is 106 Å². The van der Waals surface area contributed by atoms with Crippen molar-refractivity contribution < 1.29 is 37.7 Å². The van der Waals surface area contributed by atoms with Crippen molar-refractivity contribution in [2.45, 2.75) is 94.2 Å². The van der Waals surface area contributed by atoms with E-state index in [1.807, 2.05) is 49.0 Å². The Balaban J connectivity index is 0.738. The molecular formula is C54H63ClF2N8O6. The van der Waals surface area contributed by atoms with Crippen LogP contribution in [0.4, 0.5) is 19.4 Å². The zero-order valence-electron chi connectivity index (χ0n) is 40.4. The highest BCUT2D eigenvalue weighted by Crippen LogP contribution is 2.56. The van der Waals surface area contributed by atoms with E-state index < -0.39 is 35.1 Å². The van der Waals surface area contributed by atoms with Crippen LogP contribution in [0.3, 0.4) is 0 Å². The van der Waals surface area contributed by atoms with Crippen molar-refractivity contribution in [1.29, 1.82) is 0 Å². The summed E-state index contributed by atoms with van der Waals surface area (Å²) in [5.74, 6) is -1.71. The number of ether oxygens (including phenoxy) is 2. The van der Waals surface area contributed by atoms with Crippen LogP contribution in [0.5, 0.6) is 11.5 Å². The van der Waals surface area contributed by atoms with E-state index >= 15 is 8.78 Å². The summed E-state index contributed by atoms with van der Waals surface area (Å²) in [6, 6.07) is 20.4. The van der Waals surface area contributed by atoms with E-state index in [1.165, 1.54) is 36.6 Å². The fourth-order valence-electron chi connectivity index (χ4n) is 12.2. The third-order valence-electron chi connectivity index (χ3n) is 16.1. The molecule has 376 valence electrons. The van der Waals surface area contributed by atoms with Gasteiger partial charge >= 0.3 is 6.03 Å². The number of halogens is 3. The lowest BCUT2D eigenvalue weighted by Gasteiger charge is -2.43. The number of nitrogens with one attached hydrogen (secondary N) is 2. The van der Waals surface area contributed by atoms with Gasteiger partial charge in [0.25, 0.3) is 0 Å². The highest BCUT2D eigenvalue weighted by atomic mass is 35.5. The molecule has 1 aromatic heterocycles. The van der Waals surface area contributed by atoms with E-state index in [2.05, 4.69) is 43.7 Å². The Bertz CT molecular complexity index is 2810. The Kier molecular flexibility index (Phi) is 14.1. The topological polar surface area (TPSA) is 168 Å². The fraction of sp³-hybridized carbons (Fsp3) is 0.481. The maximum atomic E-state index is 16.5. The number of fused-ring (bicyclic) bond motifs is 2. The number of nitrogens with two attached hydrogens (primary N) is 1. The number of benzene rings is 4. The lowest BCUT2D eigenvalue weighted by atomic mass is 9.77. The van der Waals surface area contributed by atoms with Gasteiger partial charge in [-0.3, -0.25) is 24.5 Å². The summed E-state index contributed by atoms with van der Waals surface area (Å²) in [6.07, 6.45) is 9.04. The molecule has 0 radical (unpaired) electrons. The van der Waals surface area contributed by atoms with Gasteiger partial charge < -0.3 is 35.4 Å². The number of urea groups is 1. The number of aryl methyl sites for hydroxylation is 1. The Morgan fingerprint density at radius 2 is 1.70 bits per heavy atom. The van der Waals surface area contributed by atoms with Crippen molar-refractivity contribution in [3.63, 3.8) is 0 Å². The molecule has 2 atom stereocenters. The van der Waals surface area contributed by atoms with Gasteiger partial charge in [0, 0.05) is 79.2 Å². The molecule has 4 fully saturated rings. The first-order valence-corrected chi connectivity index (χ1v) is 25.6. The Labute approximate surface area is 417 Å². The fourth-order valence-corrected chi connectivity index (χ4v) is 12.5. The van der Waals surface area contributed by atoms with Crippen LogP contribution < -0.4 is 30.7 Å². The van der Waals surface area contributed by atoms with Crippen LogP contribution in [0.25, 0.3) is 22.0 Å². The molecule has 5 aliphatic rings. The van der Waals surface area contributed by atoms with Gasteiger partial charge in [-0.25, -0.2) is 13.6 Å². The first-order chi connectivity index (χ1) is 34.3. The molecule has 0 spiro atoms. The van der Waals surface area contributed by atoms with Gasteiger partial charge in [0.05, 0.1) is 22.7 Å². The Hall–Kier alpha value is -5.65. The number of hydrogen-bond donors (Lipinski definition) is 4. The molecule has 71 heavy (non-hydrogen) atoms. The minimum atomic E-state index is -1.03. The maximum Gasteiger partial charge on any atom is 0.329 e. The van der Waals surface area contributed by atoms with Gasteiger partial charge in [-0.15, -0.1) is 0 Å². The minimum Gasteiger partial charge on any atom is -0.488 e. The molecule has 5 N–H and O–H groups in total. The second-order valence-electron chi connectivity index (χ2n) is 20.2. The standard InChI is InChI=1S/C54H63ClF2N8O6/c1-32-46-44(29-41(56)49(55)48(46)47-40(51(58)68)14-15-43(50(47)57)70-27-26-66)71-54(32,36-6-4-3-5-7-36)31-59-37-9-11-38(12-10-37)64-23-16-33(17-24-64)30-63-21-18-34(19-22-63)35-8-13-39-42(28-35)62(2)61-52(39)65-25-20-45(67)60-53(65)69/h3-8,13-15,28-29,32-34,37-38,59,66H,9-12,16-27,30-31H2,1-2H3,(H2,58,68)(H,60,67,69)/t32-,37?,38?,54-/m0/s1. The molecule has 10 rings (SSSR count). The molecule has 1 saturated carbocycles. The average Bonchev–Trinajstić information content (AvgIpc) is 3.86. The van der Waals surface area contributed by atoms with Crippen LogP contribution in [0, 0.1) is 17.6 Å². The number of aromatic nitrogens is 2. The molecule has 0 unspecified atom stereocenters. The zero-order chi connectivity index (χ0) is 49.6. The van der Waals surface area contributed by atoms with Crippen LogP contribution in [0.1, 0.15) is 104 Å². The summed E-state index contributed by atoms with van der Waals surface area (Å²) in [4.78, 5) is 44.0. The Morgan fingerprint density at radius 3 is 2.41 bits per heavy atom. The molecule has 3 saturated heterocycles. The quantitative estimate of drug-likeness (QED) is 0.0857. The molecule has 0 bridgehead atoms. The number of hydrogen-bond acceptors (Lipinski definition) is 10. The molecule has 14 nitrogen and oxygen atoms in total. The van der Waals surface area contributed by atoms with Gasteiger partial charge in [-0.2, -0.15) is 5.10 Å². The number of piperidine rings is 2. The molecule has 1 aliphatic carbocycles. The van der Waals surface area contributed by atoms with E-state index in [4.69, 9.17) is 26.8 Å². The summed E-state index contributed by atoms with van der Waals surface area (Å²) >= 11 is 6.75. The number of aliphatic hydroxyl groups excluding tert-OH is 1. The smallest absolute Gasteiger partial charge is 0.329 e. The number of carbonyl (C=O) groups is 3. The molecule has 4 aliphatic heterocycles. The van der Waals surface area contributed by atoms with Gasteiger partial charge in [0.1, 0.15) is 18.2 Å².